The second-order valence-electron chi connectivity index (χ2n) is 20.3. The number of benzene rings is 4. The third-order valence-electron chi connectivity index (χ3n) is 13.4. The van der Waals surface area contributed by atoms with Gasteiger partial charge < -0.3 is 64.1 Å². The normalized spacial score (nSPS) is 22.1. The molecule has 3 saturated heterocycles. The Labute approximate surface area is 531 Å². The van der Waals surface area contributed by atoms with E-state index in [-0.39, 0.29) is 18.6 Å². The molecule has 480 valence electrons. The Hall–Kier alpha value is -6.46. The number of hydrogen-bond acceptors (Lipinski definition) is 20. The lowest BCUT2D eigenvalue weighted by molar-refractivity contribution is -0.260. The number of nitrogens with two attached hydrogens (primary N) is 1. The van der Waals surface area contributed by atoms with Crippen LogP contribution >= 0.6 is 41.5 Å². The van der Waals surface area contributed by atoms with Gasteiger partial charge in [-0.1, -0.05) is 103 Å². The highest BCUT2D eigenvalue weighted by Crippen LogP contribution is 2.60. The van der Waals surface area contributed by atoms with Crippen LogP contribution in [0, 0.1) is 35.5 Å². The van der Waals surface area contributed by atoms with Gasteiger partial charge in [0.1, 0.15) is 71.3 Å². The van der Waals surface area contributed by atoms with Crippen molar-refractivity contribution in [2.45, 2.75) is 134 Å². The molecule has 16 atom stereocenters. The zero-order valence-corrected chi connectivity index (χ0v) is 56.2. The summed E-state index contributed by atoms with van der Waals surface area (Å²) in [6, 6.07) is 37.9. The third kappa shape index (κ3) is 19.5. The molecule has 28 heteroatoms. The maximum Gasteiger partial charge on any atom is 0.459 e. The van der Waals surface area contributed by atoms with Crippen LogP contribution in [0.25, 0.3) is 0 Å². The molecule has 5 unspecified atom stereocenters. The number of aliphatic hydroxyl groups excluding tert-OH is 3. The zero-order chi connectivity index (χ0) is 65.7. The molecule has 90 heavy (non-hydrogen) atoms. The van der Waals surface area contributed by atoms with Crippen LogP contribution in [-0.2, 0) is 47.8 Å². The number of aromatic nitrogens is 4. The highest BCUT2D eigenvalue weighted by Gasteiger charge is 2.55. The molecule has 2 aromatic heterocycles. The maximum atomic E-state index is 13.7. The second-order valence-corrected chi connectivity index (χ2v) is 33.6. The van der Waals surface area contributed by atoms with Crippen LogP contribution in [0.15, 0.2) is 149 Å². The van der Waals surface area contributed by atoms with E-state index in [1.54, 1.807) is 84.3 Å². The highest BCUT2D eigenvalue weighted by molar-refractivity contribution is 8.65. The third-order valence-corrected chi connectivity index (χ3v) is 15.2. The summed E-state index contributed by atoms with van der Waals surface area (Å²) in [5.74, 6) is 16.1. The van der Waals surface area contributed by atoms with Crippen molar-refractivity contribution >= 4 is 59.1 Å². The molecule has 0 radical (unpaired) electrons. The monoisotopic (exact) mass is 1330 g/mol. The van der Waals surface area contributed by atoms with Crippen molar-refractivity contribution in [3.8, 4) is 47.0 Å². The summed E-state index contributed by atoms with van der Waals surface area (Å²) >= 11 is 0. The number of esters is 1. The molecule has 0 aliphatic carbocycles. The van der Waals surface area contributed by atoms with Gasteiger partial charge in [0.25, 0.3) is 6.48 Å². The number of nitrogen functional groups attached to an aromatic ring is 1. The quantitative estimate of drug-likeness (QED) is 0.0198. The van der Waals surface area contributed by atoms with Crippen molar-refractivity contribution in [1.82, 2.24) is 24.2 Å². The first-order chi connectivity index (χ1) is 43.0. The lowest BCUT2D eigenvalue weighted by atomic mass is 9.77. The van der Waals surface area contributed by atoms with E-state index in [1.165, 1.54) is 37.8 Å². The number of nitrogens with one attached hydrogen (secondary N) is 2. The number of fused-ring (bicyclic) bond motifs is 1. The van der Waals surface area contributed by atoms with E-state index in [4.69, 9.17) is 47.9 Å². The van der Waals surface area contributed by atoms with Gasteiger partial charge in [-0.15, -0.1) is 26.8 Å². The van der Waals surface area contributed by atoms with Gasteiger partial charge >= 0.3 is 25.1 Å². The van der Waals surface area contributed by atoms with E-state index in [0.29, 0.717) is 5.82 Å². The highest BCUT2D eigenvalue weighted by atomic mass is 32.7. The number of anilines is 2. The Balaban J connectivity index is 0.000000245. The average molecular weight is 1330 g/mol. The van der Waals surface area contributed by atoms with Gasteiger partial charge in [0, 0.05) is 19.5 Å². The minimum absolute atomic E-state index is 0.0206. The summed E-state index contributed by atoms with van der Waals surface area (Å²) < 4.78 is 66.5. The number of aliphatic hydroxyl groups is 3. The molecule has 6 aromatic rings. The fraction of sp³-hybridized carbons (Fsp3) is 0.371. The Morgan fingerprint density at radius 1 is 0.689 bits per heavy atom. The number of para-hydroxylation sites is 1. The fourth-order valence-corrected chi connectivity index (χ4v) is 11.2. The van der Waals surface area contributed by atoms with Crippen molar-refractivity contribution in [3.05, 3.63) is 177 Å². The number of nitrogens with zero attached hydrogens (tertiary/aromatic N) is 4. The SMILES string of the molecule is CC#CC#CC#CC.CC(C)OC(=O)[C@H](C)NP(=O)(Oc1ccccc1)O[C@@H](C)[C@H]1O[C@@H](n2ccc(N)nc2=O)[C@H](O)[C@@H]1O.COc1ccc(C(Nc2ccn([C@@H]3O[C@H]([C@H](C)O)[C@H]4OC(OC)O[C@H]43)c(=O)n2)(c2ccccc2)c2ccccc2)cc1.PP(P)P. The van der Waals surface area contributed by atoms with Crippen molar-refractivity contribution in [2.75, 3.05) is 25.3 Å². The largest absolute Gasteiger partial charge is 0.497 e. The van der Waals surface area contributed by atoms with Gasteiger partial charge in [-0.2, -0.15) is 15.1 Å². The van der Waals surface area contributed by atoms with Gasteiger partial charge in [0.2, 0.25) is 0 Å². The molecule has 3 aliphatic heterocycles. The first-order valence-corrected chi connectivity index (χ1v) is 35.8. The van der Waals surface area contributed by atoms with Crippen molar-refractivity contribution < 1.29 is 66.9 Å². The molecule has 0 saturated carbocycles. The molecular formula is C62H76N7O16P5. The van der Waals surface area contributed by atoms with E-state index in [0.717, 1.165) is 27.0 Å². The van der Waals surface area contributed by atoms with Crippen LogP contribution in [0.5, 0.6) is 11.5 Å². The van der Waals surface area contributed by atoms with Gasteiger partial charge in [-0.05, 0) is 132 Å². The smallest absolute Gasteiger partial charge is 0.459 e. The van der Waals surface area contributed by atoms with E-state index < -0.39 is 111 Å². The first-order valence-electron chi connectivity index (χ1n) is 28.0. The van der Waals surface area contributed by atoms with E-state index in [1.807, 2.05) is 84.9 Å². The number of rotatable bonds is 19. The summed E-state index contributed by atoms with van der Waals surface area (Å²) in [5.41, 5.74) is 6.09. The topological polar surface area (TPSA) is 298 Å². The number of carbonyl (C=O) groups excluding carboxylic acids is 1. The van der Waals surface area contributed by atoms with Crippen molar-refractivity contribution in [1.29, 1.82) is 0 Å². The summed E-state index contributed by atoms with van der Waals surface area (Å²) in [4.78, 5) is 46.1. The van der Waals surface area contributed by atoms with Crippen molar-refractivity contribution in [3.63, 3.8) is 0 Å². The van der Waals surface area contributed by atoms with Crippen LogP contribution in [-0.4, -0.2) is 122 Å². The average Bonchev–Trinajstić information content (AvgIpc) is 1.27. The molecule has 3 aliphatic rings. The molecule has 3 fully saturated rings. The molecule has 4 aromatic carbocycles. The van der Waals surface area contributed by atoms with Crippen LogP contribution < -0.4 is 36.8 Å². The Kier molecular flexibility index (Phi) is 28.1. The van der Waals surface area contributed by atoms with E-state index in [9.17, 15) is 34.3 Å². The molecule has 0 amide bonds. The van der Waals surface area contributed by atoms with Gasteiger partial charge in [-0.25, -0.2) is 14.2 Å². The second kappa shape index (κ2) is 34.8. The molecular weight excluding hydrogens is 1250 g/mol. The first kappa shape index (κ1) is 72.6. The van der Waals surface area contributed by atoms with E-state index >= 15 is 0 Å². The Bertz CT molecular complexity index is 3570. The molecule has 9 rings (SSSR count). The van der Waals surface area contributed by atoms with Gasteiger partial charge in [0.05, 0.1) is 25.4 Å². The van der Waals surface area contributed by atoms with Crippen LogP contribution in [0.3, 0.4) is 0 Å². The van der Waals surface area contributed by atoms with Crippen molar-refractivity contribution in [2.24, 2.45) is 0 Å². The van der Waals surface area contributed by atoms with Crippen LogP contribution in [0.1, 0.15) is 77.6 Å². The summed E-state index contributed by atoms with van der Waals surface area (Å²) in [6.07, 6.45) is -7.96. The Morgan fingerprint density at radius 3 is 1.71 bits per heavy atom. The maximum absolute atomic E-state index is 13.7. The standard InChI is InChI=1S/C32H33N3O7.C22H31N4O9P.C8H6.H6P4/c1-20(36)26-27-28(42-31(39-3)41-27)29(40-26)35-19-18-25(33-30(35)37)34-32(21-10-6-4-7-11-21,22-12-8-5-9-13-22)23-14-16-24(38-2)17-15-23;1-12(2)32-21(29)13(3)25-36(31,35-15-8-6-5-7-9-15)34-14(4)19-17(27)18(28)20(33-19)26-11-10-16(23)24-22(26)30;1-3-5-7-8-6-4-2;1-4(2)3/h4-20,26-29,31,36H,1-3H3,(H,33,34,37);5-14,17-20,27-28H,1-4H3,(H,25,31)(H2,23,24,30);1-2H3;1-3H2/t20-,26+,27+,28+,29+,31?;13-,14-,17-,18+,19+,20+,36?;;/m00../s1. The molecule has 0 spiro atoms. The number of carbonyl (C=O) groups is 1. The predicted octanol–water partition coefficient (Wildman–Crippen LogP) is 7.49. The van der Waals surface area contributed by atoms with Gasteiger partial charge in [0.15, 0.2) is 12.5 Å². The number of ether oxygens (including phenoxy) is 7. The molecule has 7 N–H and O–H groups in total. The zero-order valence-electron chi connectivity index (χ0n) is 50.9. The van der Waals surface area contributed by atoms with Crippen LogP contribution in [0.2, 0.25) is 0 Å². The summed E-state index contributed by atoms with van der Waals surface area (Å²) in [5, 5.41) is 37.6. The fourth-order valence-electron chi connectivity index (χ4n) is 9.49. The summed E-state index contributed by atoms with van der Waals surface area (Å²) in [7, 11) is 6.76. The minimum Gasteiger partial charge on any atom is -0.497 e. The molecule has 0 bridgehead atoms. The molecule has 5 heterocycles. The summed E-state index contributed by atoms with van der Waals surface area (Å²) in [6.45, 7) is 10.5. The Morgan fingerprint density at radius 2 is 1.20 bits per heavy atom. The van der Waals surface area contributed by atoms with Crippen LogP contribution in [0.4, 0.5) is 11.6 Å². The lowest BCUT2D eigenvalue weighted by Gasteiger charge is -2.37. The number of hydrogen-bond donors (Lipinski definition) is 6. The van der Waals surface area contributed by atoms with Gasteiger partial charge in [-0.3, -0.25) is 18.5 Å². The minimum atomic E-state index is -4.28. The molecule has 23 nitrogen and oxygen atoms in total. The van der Waals surface area contributed by atoms with E-state index in [2.05, 4.69) is 82.7 Å². The predicted molar refractivity (Wildman–Crippen MR) is 353 cm³/mol. The number of methoxy groups -OCH3 is 2. The lowest BCUT2D eigenvalue weighted by Crippen LogP contribution is -2.41.